The first-order valence-electron chi connectivity index (χ1n) is 21.4. The van der Waals surface area contributed by atoms with E-state index < -0.39 is 0 Å². The van der Waals surface area contributed by atoms with Gasteiger partial charge in [-0.2, -0.15) is 9.97 Å². The van der Waals surface area contributed by atoms with Gasteiger partial charge in [-0.05, 0) is 126 Å². The van der Waals surface area contributed by atoms with Crippen molar-refractivity contribution in [3.05, 3.63) is 123 Å². The molecule has 2 saturated heterocycles. The van der Waals surface area contributed by atoms with Crippen LogP contribution in [0.2, 0.25) is 15.1 Å². The van der Waals surface area contributed by atoms with Crippen LogP contribution in [0.5, 0.6) is 11.5 Å². The van der Waals surface area contributed by atoms with Gasteiger partial charge >= 0.3 is 0 Å². The smallest absolute Gasteiger partial charge is 0.229 e. The molecule has 0 atom stereocenters. The first-order chi connectivity index (χ1) is 30.9. The van der Waals surface area contributed by atoms with E-state index in [1.807, 2.05) is 70.3 Å². The van der Waals surface area contributed by atoms with Gasteiger partial charge in [-0.25, -0.2) is 9.97 Å². The number of nitrogens with one attached hydrogen (secondary N) is 4. The third kappa shape index (κ3) is 12.6. The maximum Gasteiger partial charge on any atom is 0.229 e. The number of rotatable bonds is 14. The highest BCUT2D eigenvalue weighted by Gasteiger charge is 2.16. The number of halogens is 3. The number of hydrogen-bond acceptors (Lipinski definition) is 13. The van der Waals surface area contributed by atoms with Crippen LogP contribution in [0.15, 0.2) is 85.2 Å². The van der Waals surface area contributed by atoms with Crippen LogP contribution in [-0.2, 0) is 0 Å². The maximum absolute atomic E-state index is 6.35. The molecule has 0 aliphatic carbocycles. The Morgan fingerprint density at radius 1 is 0.625 bits per heavy atom. The van der Waals surface area contributed by atoms with Crippen molar-refractivity contribution < 1.29 is 9.47 Å². The monoisotopic (exact) mass is 923 g/mol. The van der Waals surface area contributed by atoms with Crippen molar-refractivity contribution in [1.82, 2.24) is 29.7 Å². The second-order valence-electron chi connectivity index (χ2n) is 16.1. The lowest BCUT2D eigenvalue weighted by atomic mass is 10.1. The van der Waals surface area contributed by atoms with Crippen LogP contribution < -0.4 is 35.6 Å². The number of likely N-dealkylation sites (N-methyl/N-ethyl adjacent to an activating group) is 1. The SMILES string of the molecule is COc1cc(Nc2nc(Nc3cccc(OCCN4CCCC4)c3)ncc2C)c(Cl)cc1Cl.Cc1cnc(Nc2ccc(N3CCN(C)CC3)cc2)nc1Nc1cc(C)c(Cl)c(C)c1. The third-order valence-electron chi connectivity index (χ3n) is 11.1. The van der Waals surface area contributed by atoms with Gasteiger partial charge in [0.2, 0.25) is 11.9 Å². The molecule has 0 bridgehead atoms. The molecule has 2 aliphatic heterocycles. The van der Waals surface area contributed by atoms with Crippen molar-refractivity contribution in [2.75, 3.05) is 92.7 Å². The van der Waals surface area contributed by atoms with Crippen LogP contribution in [0, 0.1) is 27.7 Å². The molecule has 2 aliphatic rings. The number of likely N-dealkylation sites (tertiary alicyclic amines) is 1. The summed E-state index contributed by atoms with van der Waals surface area (Å²) in [6.45, 7) is 16.2. The summed E-state index contributed by atoms with van der Waals surface area (Å²) in [5.41, 5.74) is 8.57. The molecule has 0 amide bonds. The standard InChI is InChI=1S/C24H27Cl2N5O2.C24H29ClN6/c1-16-15-27-24(30-23(16)29-21-14-22(32-2)20(26)13-19(21)25)28-17-6-5-7-18(12-17)33-11-10-31-8-3-4-9-31;1-16-13-20(14-17(2)22(16)25)27-23-18(3)15-26-24(29-23)28-19-5-7-21(8-6-19)31-11-9-30(4)10-12-31/h5-7,12-15H,3-4,8-11H2,1-2H3,(H2,27,28,29,30);5-8,13-15H,9-12H2,1-4H3,(H2,26,27,28,29). The van der Waals surface area contributed by atoms with Crippen molar-refractivity contribution >= 4 is 86.8 Å². The lowest BCUT2D eigenvalue weighted by Crippen LogP contribution is -2.44. The molecule has 4 heterocycles. The lowest BCUT2D eigenvalue weighted by Gasteiger charge is -2.34. The molecule has 4 N–H and O–H groups in total. The Kier molecular flexibility index (Phi) is 15.9. The highest BCUT2D eigenvalue weighted by molar-refractivity contribution is 6.37. The summed E-state index contributed by atoms with van der Waals surface area (Å²) in [5.74, 6) is 3.74. The first-order valence-corrected chi connectivity index (χ1v) is 22.6. The highest BCUT2D eigenvalue weighted by atomic mass is 35.5. The van der Waals surface area contributed by atoms with E-state index in [4.69, 9.17) is 44.3 Å². The summed E-state index contributed by atoms with van der Waals surface area (Å²) < 4.78 is 11.2. The molecule has 336 valence electrons. The van der Waals surface area contributed by atoms with Crippen LogP contribution in [0.25, 0.3) is 0 Å². The largest absolute Gasteiger partial charge is 0.495 e. The van der Waals surface area contributed by atoms with Crippen molar-refractivity contribution in [1.29, 1.82) is 0 Å². The number of aryl methyl sites for hydroxylation is 4. The third-order valence-corrected chi connectivity index (χ3v) is 12.3. The zero-order valence-electron chi connectivity index (χ0n) is 37.2. The number of hydrogen-bond donors (Lipinski definition) is 4. The summed E-state index contributed by atoms with van der Waals surface area (Å²) in [6, 6.07) is 23.7. The van der Waals surface area contributed by atoms with Crippen LogP contribution in [0.4, 0.5) is 52.0 Å². The molecule has 0 spiro atoms. The van der Waals surface area contributed by atoms with E-state index in [2.05, 4.69) is 87.2 Å². The predicted octanol–water partition coefficient (Wildman–Crippen LogP) is 11.4. The molecular formula is C48H56Cl3N11O2. The van der Waals surface area contributed by atoms with E-state index in [-0.39, 0.29) is 0 Å². The average Bonchev–Trinajstić information content (AvgIpc) is 3.81. The van der Waals surface area contributed by atoms with Gasteiger partial charge in [0.05, 0.1) is 22.8 Å². The Morgan fingerprint density at radius 3 is 1.89 bits per heavy atom. The molecule has 0 saturated carbocycles. The number of piperazine rings is 1. The summed E-state index contributed by atoms with van der Waals surface area (Å²) in [7, 11) is 3.73. The fourth-order valence-corrected chi connectivity index (χ4v) is 7.98. The normalized spacial score (nSPS) is 14.1. The van der Waals surface area contributed by atoms with Gasteiger partial charge in [0, 0.05) is 96.1 Å². The van der Waals surface area contributed by atoms with Crippen LogP contribution in [0.1, 0.15) is 35.1 Å². The molecule has 0 unspecified atom stereocenters. The molecule has 6 aromatic rings. The van der Waals surface area contributed by atoms with Crippen molar-refractivity contribution in [2.45, 2.75) is 40.5 Å². The number of aromatic nitrogens is 4. The molecular weight excluding hydrogens is 869 g/mol. The first kappa shape index (κ1) is 46.4. The molecule has 4 aromatic carbocycles. The maximum atomic E-state index is 6.35. The Labute approximate surface area is 391 Å². The minimum absolute atomic E-state index is 0.442. The number of ether oxygens (including phenoxy) is 2. The number of methoxy groups -OCH3 is 1. The van der Waals surface area contributed by atoms with Crippen molar-refractivity contribution in [3.63, 3.8) is 0 Å². The molecule has 64 heavy (non-hydrogen) atoms. The fourth-order valence-electron chi connectivity index (χ4n) is 7.36. The van der Waals surface area contributed by atoms with Gasteiger partial charge in [0.1, 0.15) is 29.7 Å². The van der Waals surface area contributed by atoms with E-state index in [0.29, 0.717) is 45.8 Å². The Bertz CT molecular complexity index is 2490. The van der Waals surface area contributed by atoms with Gasteiger partial charge in [-0.3, -0.25) is 4.90 Å². The molecule has 2 fully saturated rings. The van der Waals surface area contributed by atoms with Gasteiger partial charge in [-0.1, -0.05) is 40.9 Å². The lowest BCUT2D eigenvalue weighted by molar-refractivity contribution is 0.238. The van der Waals surface area contributed by atoms with E-state index >= 15 is 0 Å². The minimum Gasteiger partial charge on any atom is -0.495 e. The van der Waals surface area contributed by atoms with Crippen molar-refractivity contribution in [3.8, 4) is 11.5 Å². The van der Waals surface area contributed by atoms with E-state index in [9.17, 15) is 0 Å². The van der Waals surface area contributed by atoms with Crippen molar-refractivity contribution in [2.24, 2.45) is 0 Å². The topological polar surface area (TPSA) is 128 Å². The molecule has 2 aromatic heterocycles. The van der Waals surface area contributed by atoms with Gasteiger partial charge in [0.15, 0.2) is 0 Å². The van der Waals surface area contributed by atoms with E-state index in [1.165, 1.54) is 31.6 Å². The Balaban J connectivity index is 0.000000192. The second kappa shape index (κ2) is 21.9. The van der Waals surface area contributed by atoms with E-state index in [1.54, 1.807) is 25.4 Å². The van der Waals surface area contributed by atoms with Crippen LogP contribution in [-0.4, -0.2) is 96.3 Å². The molecule has 13 nitrogen and oxygen atoms in total. The number of benzene rings is 4. The zero-order valence-corrected chi connectivity index (χ0v) is 39.5. The van der Waals surface area contributed by atoms with Gasteiger partial charge < -0.3 is 40.5 Å². The summed E-state index contributed by atoms with van der Waals surface area (Å²) in [5, 5.41) is 14.9. The summed E-state index contributed by atoms with van der Waals surface area (Å²) >= 11 is 18.8. The molecule has 0 radical (unpaired) electrons. The molecule has 16 heteroatoms. The molecule has 8 rings (SSSR count). The van der Waals surface area contributed by atoms with Gasteiger partial charge in [-0.15, -0.1) is 0 Å². The highest BCUT2D eigenvalue weighted by Crippen LogP contribution is 2.36. The number of anilines is 9. The van der Waals surface area contributed by atoms with Crippen LogP contribution >= 0.6 is 34.8 Å². The quantitative estimate of drug-likeness (QED) is 0.0828. The predicted molar refractivity (Wildman–Crippen MR) is 264 cm³/mol. The minimum atomic E-state index is 0.442. The summed E-state index contributed by atoms with van der Waals surface area (Å²) in [4.78, 5) is 25.4. The number of nitrogens with zero attached hydrogens (tertiary/aromatic N) is 7. The summed E-state index contributed by atoms with van der Waals surface area (Å²) in [6.07, 6.45) is 6.14. The Hall–Kier alpha value is -5.57. The van der Waals surface area contributed by atoms with Crippen LogP contribution in [0.3, 0.4) is 0 Å². The van der Waals surface area contributed by atoms with E-state index in [0.717, 1.165) is 88.6 Å². The Morgan fingerprint density at radius 2 is 1.25 bits per heavy atom. The average molecular weight is 925 g/mol. The fraction of sp³-hybridized carbons (Fsp3) is 0.333. The zero-order chi connectivity index (χ0) is 45.2. The second-order valence-corrected chi connectivity index (χ2v) is 17.3. The van der Waals surface area contributed by atoms with Gasteiger partial charge in [0.25, 0.3) is 0 Å².